The fraction of sp³-hybridized carbons (Fsp3) is 0.391. The third kappa shape index (κ3) is 6.24. The molecule has 2 amide bonds. The summed E-state index contributed by atoms with van der Waals surface area (Å²) in [5.41, 5.74) is 2.92. The Morgan fingerprint density at radius 2 is 1.79 bits per heavy atom. The number of nitrogens with one attached hydrogen (secondary N) is 1. The zero-order valence-corrected chi connectivity index (χ0v) is 17.8. The Morgan fingerprint density at radius 3 is 2.41 bits per heavy atom. The van der Waals surface area contributed by atoms with Crippen LogP contribution in [0.3, 0.4) is 0 Å². The summed E-state index contributed by atoms with van der Waals surface area (Å²) < 4.78 is 11.0. The summed E-state index contributed by atoms with van der Waals surface area (Å²) in [5.74, 6) is 0.969. The Labute approximate surface area is 172 Å². The molecular weight excluding hydrogens is 368 g/mol. The van der Waals surface area contributed by atoms with Crippen molar-refractivity contribution in [3.63, 3.8) is 0 Å². The van der Waals surface area contributed by atoms with Crippen LogP contribution in [0.1, 0.15) is 30.5 Å². The maximum absolute atomic E-state index is 13.0. The van der Waals surface area contributed by atoms with Gasteiger partial charge in [-0.05, 0) is 62.6 Å². The minimum atomic E-state index is -0.619. The van der Waals surface area contributed by atoms with E-state index in [2.05, 4.69) is 5.32 Å². The van der Waals surface area contributed by atoms with E-state index in [4.69, 9.17) is 9.47 Å². The summed E-state index contributed by atoms with van der Waals surface area (Å²) in [6.07, 6.45) is 0. The number of hydrogen-bond acceptors (Lipinski definition) is 4. The van der Waals surface area contributed by atoms with E-state index in [1.807, 2.05) is 63.2 Å². The van der Waals surface area contributed by atoms with Gasteiger partial charge in [0.15, 0.2) is 6.61 Å². The maximum Gasteiger partial charge on any atom is 0.261 e. The van der Waals surface area contributed by atoms with Crippen LogP contribution in [0, 0.1) is 13.8 Å². The number of methoxy groups -OCH3 is 1. The summed E-state index contributed by atoms with van der Waals surface area (Å²) in [7, 11) is 1.60. The van der Waals surface area contributed by atoms with E-state index in [0.717, 1.165) is 22.4 Å². The summed E-state index contributed by atoms with van der Waals surface area (Å²) in [6.45, 7) is 8.16. The van der Waals surface area contributed by atoms with E-state index in [9.17, 15) is 9.59 Å². The molecule has 1 atom stereocenters. The minimum Gasteiger partial charge on any atom is -0.497 e. The minimum absolute atomic E-state index is 0.135. The fourth-order valence-electron chi connectivity index (χ4n) is 2.92. The number of hydrogen-bond donors (Lipinski definition) is 1. The van der Waals surface area contributed by atoms with Gasteiger partial charge in [-0.1, -0.05) is 24.3 Å². The van der Waals surface area contributed by atoms with Crippen molar-refractivity contribution in [3.05, 3.63) is 59.2 Å². The molecule has 0 fully saturated rings. The lowest BCUT2D eigenvalue weighted by Crippen LogP contribution is -2.49. The molecule has 1 N–H and O–H groups in total. The molecule has 0 saturated carbocycles. The Bertz CT molecular complexity index is 833. The van der Waals surface area contributed by atoms with Crippen LogP contribution in [0.5, 0.6) is 11.5 Å². The van der Waals surface area contributed by atoms with Gasteiger partial charge in [-0.25, -0.2) is 0 Å². The van der Waals surface area contributed by atoms with Gasteiger partial charge in [0, 0.05) is 13.1 Å². The zero-order valence-electron chi connectivity index (χ0n) is 17.8. The highest BCUT2D eigenvalue weighted by Crippen LogP contribution is 2.20. The maximum atomic E-state index is 13.0. The Kier molecular flexibility index (Phi) is 8.07. The van der Waals surface area contributed by atoms with Crippen molar-refractivity contribution in [2.75, 3.05) is 20.3 Å². The van der Waals surface area contributed by atoms with Gasteiger partial charge >= 0.3 is 0 Å². The number of carbonyl (C=O) groups is 2. The number of amides is 2. The molecule has 0 bridgehead atoms. The van der Waals surface area contributed by atoms with Gasteiger partial charge in [0.25, 0.3) is 5.91 Å². The Morgan fingerprint density at radius 1 is 1.10 bits per heavy atom. The van der Waals surface area contributed by atoms with Gasteiger partial charge in [-0.2, -0.15) is 0 Å². The number of benzene rings is 2. The van der Waals surface area contributed by atoms with Crippen molar-refractivity contribution in [3.8, 4) is 11.5 Å². The normalized spacial score (nSPS) is 11.5. The van der Waals surface area contributed by atoms with E-state index in [0.29, 0.717) is 18.8 Å². The van der Waals surface area contributed by atoms with Crippen molar-refractivity contribution in [1.82, 2.24) is 10.2 Å². The second-order valence-corrected chi connectivity index (χ2v) is 7.00. The fourth-order valence-corrected chi connectivity index (χ4v) is 2.92. The average molecular weight is 399 g/mol. The molecule has 2 rings (SSSR count). The SMILES string of the molecule is CCNC(=O)[C@@H](C)N(Cc1ccc(OC)cc1)C(=O)COc1cc(C)ccc1C. The van der Waals surface area contributed by atoms with Gasteiger partial charge in [-0.3, -0.25) is 9.59 Å². The number of rotatable bonds is 9. The quantitative estimate of drug-likeness (QED) is 0.704. The summed E-state index contributed by atoms with van der Waals surface area (Å²) in [5, 5.41) is 2.78. The lowest BCUT2D eigenvalue weighted by molar-refractivity contribution is -0.142. The van der Waals surface area contributed by atoms with Crippen LogP contribution in [0.15, 0.2) is 42.5 Å². The largest absolute Gasteiger partial charge is 0.497 e. The first-order valence-corrected chi connectivity index (χ1v) is 9.75. The van der Waals surface area contributed by atoms with Crippen molar-refractivity contribution in [1.29, 1.82) is 0 Å². The number of aryl methyl sites for hydroxylation is 2. The molecular formula is C23H30N2O4. The second-order valence-electron chi connectivity index (χ2n) is 7.00. The molecule has 0 unspecified atom stereocenters. The van der Waals surface area contributed by atoms with E-state index in [1.54, 1.807) is 14.0 Å². The molecule has 0 aliphatic rings. The highest BCUT2D eigenvalue weighted by Gasteiger charge is 2.26. The number of nitrogens with zero attached hydrogens (tertiary/aromatic N) is 1. The van der Waals surface area contributed by atoms with Crippen LogP contribution < -0.4 is 14.8 Å². The van der Waals surface area contributed by atoms with Gasteiger partial charge in [0.1, 0.15) is 17.5 Å². The van der Waals surface area contributed by atoms with Crippen molar-refractivity contribution in [2.24, 2.45) is 0 Å². The van der Waals surface area contributed by atoms with Crippen molar-refractivity contribution < 1.29 is 19.1 Å². The number of ether oxygens (including phenoxy) is 2. The standard InChI is InChI=1S/C23H30N2O4/c1-6-24-23(27)18(4)25(14-19-9-11-20(28-5)12-10-19)22(26)15-29-21-13-16(2)7-8-17(21)3/h7-13,18H,6,14-15H2,1-5H3,(H,24,27)/t18-/m1/s1. The second kappa shape index (κ2) is 10.5. The highest BCUT2D eigenvalue weighted by molar-refractivity contribution is 5.87. The number of carbonyl (C=O) groups excluding carboxylic acids is 2. The lowest BCUT2D eigenvalue weighted by atomic mass is 10.1. The molecule has 0 radical (unpaired) electrons. The van der Waals surface area contributed by atoms with Crippen LogP contribution in [0.25, 0.3) is 0 Å². The first-order chi connectivity index (χ1) is 13.8. The van der Waals surface area contributed by atoms with E-state index < -0.39 is 6.04 Å². The molecule has 0 spiro atoms. The monoisotopic (exact) mass is 398 g/mol. The van der Waals surface area contributed by atoms with E-state index in [-0.39, 0.29) is 18.4 Å². The van der Waals surface area contributed by atoms with Crippen molar-refractivity contribution in [2.45, 2.75) is 40.3 Å². The van der Waals surface area contributed by atoms with Crippen LogP contribution in [0.2, 0.25) is 0 Å². The molecule has 2 aromatic carbocycles. The molecule has 0 aliphatic heterocycles. The molecule has 0 aliphatic carbocycles. The number of likely N-dealkylation sites (N-methyl/N-ethyl adjacent to an activating group) is 1. The van der Waals surface area contributed by atoms with Crippen molar-refractivity contribution >= 4 is 11.8 Å². The topological polar surface area (TPSA) is 67.9 Å². The van der Waals surface area contributed by atoms with Crippen LogP contribution in [0.4, 0.5) is 0 Å². The van der Waals surface area contributed by atoms with Crippen LogP contribution in [-0.2, 0) is 16.1 Å². The van der Waals surface area contributed by atoms with Gasteiger partial charge in [-0.15, -0.1) is 0 Å². The van der Waals surface area contributed by atoms with Crippen LogP contribution >= 0.6 is 0 Å². The first kappa shape index (κ1) is 22.3. The molecule has 156 valence electrons. The predicted octanol–water partition coefficient (Wildman–Crippen LogP) is 3.24. The Balaban J connectivity index is 2.16. The summed E-state index contributed by atoms with van der Waals surface area (Å²) in [4.78, 5) is 26.9. The van der Waals surface area contributed by atoms with E-state index in [1.165, 1.54) is 4.90 Å². The van der Waals surface area contributed by atoms with E-state index >= 15 is 0 Å². The molecule has 0 heterocycles. The molecule has 0 aromatic heterocycles. The van der Waals surface area contributed by atoms with Gasteiger partial charge < -0.3 is 19.7 Å². The van der Waals surface area contributed by atoms with Gasteiger partial charge in [0.05, 0.1) is 7.11 Å². The first-order valence-electron chi connectivity index (χ1n) is 9.75. The molecule has 29 heavy (non-hydrogen) atoms. The molecule has 2 aromatic rings. The molecule has 6 heteroatoms. The zero-order chi connectivity index (χ0) is 21.4. The van der Waals surface area contributed by atoms with Crippen LogP contribution in [-0.4, -0.2) is 43.0 Å². The third-order valence-electron chi connectivity index (χ3n) is 4.73. The average Bonchev–Trinajstić information content (AvgIpc) is 2.72. The third-order valence-corrected chi connectivity index (χ3v) is 4.73. The summed E-state index contributed by atoms with van der Waals surface area (Å²) in [6, 6.07) is 12.7. The molecule has 6 nitrogen and oxygen atoms in total. The summed E-state index contributed by atoms with van der Waals surface area (Å²) >= 11 is 0. The lowest BCUT2D eigenvalue weighted by Gasteiger charge is -2.28. The Hall–Kier alpha value is -3.02. The molecule has 0 saturated heterocycles. The van der Waals surface area contributed by atoms with Gasteiger partial charge in [0.2, 0.25) is 5.91 Å². The predicted molar refractivity (Wildman–Crippen MR) is 113 cm³/mol. The highest BCUT2D eigenvalue weighted by atomic mass is 16.5. The smallest absolute Gasteiger partial charge is 0.261 e.